The van der Waals surface area contributed by atoms with Crippen LogP contribution in [0.2, 0.25) is 0 Å². The Morgan fingerprint density at radius 2 is 1.89 bits per heavy atom. The van der Waals surface area contributed by atoms with E-state index in [2.05, 4.69) is 11.6 Å². The Morgan fingerprint density at radius 3 is 2.57 bits per heavy atom. The van der Waals surface area contributed by atoms with Gasteiger partial charge in [0.1, 0.15) is 23.9 Å². The van der Waals surface area contributed by atoms with E-state index < -0.39 is 17.7 Å². The summed E-state index contributed by atoms with van der Waals surface area (Å²) in [6.45, 7) is 6.48. The minimum atomic E-state index is -0.792. The molecule has 1 aromatic heterocycles. The highest BCUT2D eigenvalue weighted by Crippen LogP contribution is 2.41. The van der Waals surface area contributed by atoms with E-state index in [0.717, 1.165) is 5.56 Å². The molecule has 2 aromatic carbocycles. The first-order chi connectivity index (χ1) is 17.0. The van der Waals surface area contributed by atoms with Crippen molar-refractivity contribution >= 4 is 17.4 Å². The van der Waals surface area contributed by atoms with E-state index in [-0.39, 0.29) is 17.9 Å². The molecule has 1 atom stereocenters. The molecule has 1 N–H and O–H groups in total. The number of nitrogens with zero attached hydrogens (tertiary/aromatic N) is 2. The SMILES string of the molecule is C=CCOc1ccc(C2/C(=C(\O)c3cccc(OCC)c3)C(=O)C(=O)N2Cc2cccnc2)cc1. The highest BCUT2D eigenvalue weighted by Gasteiger charge is 2.46. The number of amides is 1. The zero-order valence-electron chi connectivity index (χ0n) is 19.4. The summed E-state index contributed by atoms with van der Waals surface area (Å²) in [6, 6.07) is 16.7. The smallest absolute Gasteiger partial charge is 0.295 e. The number of aliphatic hydroxyl groups excluding tert-OH is 1. The molecule has 1 amide bonds. The molecule has 1 saturated heterocycles. The molecule has 1 unspecified atom stereocenters. The van der Waals surface area contributed by atoms with E-state index in [0.29, 0.717) is 35.8 Å². The Kier molecular flexibility index (Phi) is 7.26. The molecule has 4 rings (SSSR count). The van der Waals surface area contributed by atoms with Crippen LogP contribution in [-0.4, -0.2) is 39.9 Å². The topological polar surface area (TPSA) is 89.0 Å². The Bertz CT molecular complexity index is 1250. The lowest BCUT2D eigenvalue weighted by atomic mass is 9.95. The number of carbonyl (C=O) groups is 2. The largest absolute Gasteiger partial charge is 0.507 e. The van der Waals surface area contributed by atoms with Gasteiger partial charge in [0, 0.05) is 24.5 Å². The second-order valence-corrected chi connectivity index (χ2v) is 7.92. The molecule has 178 valence electrons. The first-order valence-corrected chi connectivity index (χ1v) is 11.3. The number of ketones is 1. The van der Waals surface area contributed by atoms with Crippen LogP contribution in [-0.2, 0) is 16.1 Å². The van der Waals surface area contributed by atoms with Crippen LogP contribution in [0.25, 0.3) is 5.76 Å². The van der Waals surface area contributed by atoms with Crippen molar-refractivity contribution in [2.75, 3.05) is 13.2 Å². The fraction of sp³-hybridized carbons (Fsp3) is 0.179. The molecule has 3 aromatic rings. The average Bonchev–Trinajstić information content (AvgIpc) is 3.13. The number of rotatable bonds is 9. The van der Waals surface area contributed by atoms with Gasteiger partial charge in [0.05, 0.1) is 18.2 Å². The fourth-order valence-corrected chi connectivity index (χ4v) is 4.03. The van der Waals surface area contributed by atoms with Crippen molar-refractivity contribution in [2.24, 2.45) is 0 Å². The Balaban J connectivity index is 1.81. The van der Waals surface area contributed by atoms with Gasteiger partial charge in [-0.3, -0.25) is 14.6 Å². The number of carbonyl (C=O) groups excluding carboxylic acids is 2. The predicted molar refractivity (Wildman–Crippen MR) is 132 cm³/mol. The lowest BCUT2D eigenvalue weighted by molar-refractivity contribution is -0.140. The third-order valence-electron chi connectivity index (χ3n) is 5.60. The number of Topliss-reactive ketones (excluding diaryl/α,β-unsaturated/α-hetero) is 1. The van der Waals surface area contributed by atoms with Crippen molar-refractivity contribution in [3.8, 4) is 11.5 Å². The molecule has 0 radical (unpaired) electrons. The number of hydrogen-bond acceptors (Lipinski definition) is 6. The predicted octanol–water partition coefficient (Wildman–Crippen LogP) is 4.67. The normalized spacial score (nSPS) is 16.8. The van der Waals surface area contributed by atoms with Crippen molar-refractivity contribution in [2.45, 2.75) is 19.5 Å². The van der Waals surface area contributed by atoms with Gasteiger partial charge in [-0.05, 0) is 48.4 Å². The maximum atomic E-state index is 13.2. The molecule has 35 heavy (non-hydrogen) atoms. The number of ether oxygens (including phenoxy) is 2. The van der Waals surface area contributed by atoms with Crippen LogP contribution >= 0.6 is 0 Å². The van der Waals surface area contributed by atoms with Crippen LogP contribution in [0.1, 0.15) is 29.7 Å². The Morgan fingerprint density at radius 1 is 1.09 bits per heavy atom. The van der Waals surface area contributed by atoms with Gasteiger partial charge in [0.25, 0.3) is 11.7 Å². The van der Waals surface area contributed by atoms with Crippen molar-refractivity contribution in [1.29, 1.82) is 0 Å². The first kappa shape index (κ1) is 23.8. The second kappa shape index (κ2) is 10.7. The quantitative estimate of drug-likeness (QED) is 0.212. The molecule has 0 aliphatic carbocycles. The van der Waals surface area contributed by atoms with Gasteiger partial charge in [0.2, 0.25) is 0 Å². The van der Waals surface area contributed by atoms with Crippen LogP contribution in [0.15, 0.2) is 91.3 Å². The van der Waals surface area contributed by atoms with Gasteiger partial charge < -0.3 is 19.5 Å². The van der Waals surface area contributed by atoms with Crippen molar-refractivity contribution < 1.29 is 24.2 Å². The molecular weight excluding hydrogens is 444 g/mol. The van der Waals surface area contributed by atoms with Crippen LogP contribution in [0.5, 0.6) is 11.5 Å². The van der Waals surface area contributed by atoms with E-state index in [1.54, 1.807) is 73.1 Å². The van der Waals surface area contributed by atoms with Gasteiger partial charge in [-0.1, -0.05) is 43.0 Å². The number of aromatic nitrogens is 1. The van der Waals surface area contributed by atoms with Crippen LogP contribution in [0.4, 0.5) is 0 Å². The molecular formula is C28H26N2O5. The average molecular weight is 471 g/mol. The number of pyridine rings is 1. The Labute approximate surface area is 203 Å². The lowest BCUT2D eigenvalue weighted by Gasteiger charge is -2.25. The second-order valence-electron chi connectivity index (χ2n) is 7.92. The van der Waals surface area contributed by atoms with Gasteiger partial charge in [0.15, 0.2) is 0 Å². The summed E-state index contributed by atoms with van der Waals surface area (Å²) >= 11 is 0. The standard InChI is InChI=1S/C28H26N2O5/c1-3-15-35-22-12-10-20(11-13-22)25-24(26(31)21-8-5-9-23(16-21)34-4-2)27(32)28(33)30(25)18-19-7-6-14-29-17-19/h3,5-14,16-17,25,31H,1,4,15,18H2,2H3/b26-24+. The Hall–Kier alpha value is -4.39. The summed E-state index contributed by atoms with van der Waals surface area (Å²) in [5.74, 6) is -0.502. The molecule has 1 fully saturated rings. The van der Waals surface area contributed by atoms with Gasteiger partial charge >= 0.3 is 0 Å². The molecule has 0 bridgehead atoms. The maximum absolute atomic E-state index is 13.2. The summed E-state index contributed by atoms with van der Waals surface area (Å²) in [6.07, 6.45) is 4.93. The summed E-state index contributed by atoms with van der Waals surface area (Å²) in [5.41, 5.74) is 1.85. The van der Waals surface area contributed by atoms with Crippen LogP contribution in [0.3, 0.4) is 0 Å². The molecule has 1 aliphatic heterocycles. The summed E-state index contributed by atoms with van der Waals surface area (Å²) < 4.78 is 11.1. The number of benzene rings is 2. The molecule has 7 nitrogen and oxygen atoms in total. The maximum Gasteiger partial charge on any atom is 0.295 e. The molecule has 7 heteroatoms. The van der Waals surface area contributed by atoms with E-state index >= 15 is 0 Å². The van der Waals surface area contributed by atoms with Crippen LogP contribution < -0.4 is 9.47 Å². The zero-order chi connectivity index (χ0) is 24.8. The number of hydrogen-bond donors (Lipinski definition) is 1. The minimum Gasteiger partial charge on any atom is -0.507 e. The van der Waals surface area contributed by atoms with E-state index in [1.807, 2.05) is 13.0 Å². The monoisotopic (exact) mass is 470 g/mol. The third kappa shape index (κ3) is 5.09. The summed E-state index contributed by atoms with van der Waals surface area (Å²) in [7, 11) is 0. The van der Waals surface area contributed by atoms with Gasteiger partial charge in [-0.2, -0.15) is 0 Å². The zero-order valence-corrected chi connectivity index (χ0v) is 19.4. The van der Waals surface area contributed by atoms with Crippen LogP contribution in [0, 0.1) is 0 Å². The van der Waals surface area contributed by atoms with E-state index in [4.69, 9.17) is 9.47 Å². The van der Waals surface area contributed by atoms with Crippen molar-refractivity contribution in [3.05, 3.63) is 108 Å². The summed E-state index contributed by atoms with van der Waals surface area (Å²) in [4.78, 5) is 32.0. The van der Waals surface area contributed by atoms with Gasteiger partial charge in [-0.25, -0.2) is 0 Å². The summed E-state index contributed by atoms with van der Waals surface area (Å²) in [5, 5.41) is 11.3. The molecule has 0 spiro atoms. The number of likely N-dealkylation sites (tertiary alicyclic amines) is 1. The molecule has 2 heterocycles. The van der Waals surface area contributed by atoms with Crippen molar-refractivity contribution in [1.82, 2.24) is 9.88 Å². The third-order valence-corrected chi connectivity index (χ3v) is 5.60. The lowest BCUT2D eigenvalue weighted by Crippen LogP contribution is -2.29. The van der Waals surface area contributed by atoms with Crippen molar-refractivity contribution in [3.63, 3.8) is 0 Å². The van der Waals surface area contributed by atoms with E-state index in [9.17, 15) is 14.7 Å². The minimum absolute atomic E-state index is 0.0206. The number of aliphatic hydroxyl groups is 1. The molecule has 1 aliphatic rings. The van der Waals surface area contributed by atoms with E-state index in [1.165, 1.54) is 4.90 Å². The fourth-order valence-electron chi connectivity index (χ4n) is 4.03. The highest BCUT2D eigenvalue weighted by atomic mass is 16.5. The van der Waals surface area contributed by atoms with Gasteiger partial charge in [-0.15, -0.1) is 0 Å². The molecule has 0 saturated carbocycles. The highest BCUT2D eigenvalue weighted by molar-refractivity contribution is 6.46. The first-order valence-electron chi connectivity index (χ1n) is 11.3.